The molecule has 0 radical (unpaired) electrons. The summed E-state index contributed by atoms with van der Waals surface area (Å²) in [6.07, 6.45) is 0. The number of carbonyl (C=O) groups excluding carboxylic acids is 2. The average Bonchev–Trinajstić information content (AvgIpc) is 2.59. The highest BCUT2D eigenvalue weighted by Gasteiger charge is 2.19. The lowest BCUT2D eigenvalue weighted by atomic mass is 10.1. The van der Waals surface area contributed by atoms with Gasteiger partial charge in [-0.25, -0.2) is 0 Å². The first-order valence-corrected chi connectivity index (χ1v) is 7.32. The van der Waals surface area contributed by atoms with Gasteiger partial charge >= 0.3 is 0 Å². The topological polar surface area (TPSA) is 72.6 Å². The molecule has 0 aromatic heterocycles. The highest BCUT2D eigenvalue weighted by Crippen LogP contribution is 2.22. The summed E-state index contributed by atoms with van der Waals surface area (Å²) >= 11 is 0. The van der Waals surface area contributed by atoms with Crippen molar-refractivity contribution < 1.29 is 14.3 Å². The summed E-state index contributed by atoms with van der Waals surface area (Å²) in [5.74, 6) is -0.238. The Balaban J connectivity index is 2.13. The molecule has 0 aliphatic carbocycles. The zero-order valence-corrected chi connectivity index (χ0v) is 13.2. The van der Waals surface area contributed by atoms with Crippen LogP contribution in [0.3, 0.4) is 0 Å². The van der Waals surface area contributed by atoms with Crippen molar-refractivity contribution in [3.8, 4) is 5.75 Å². The Morgan fingerprint density at radius 2 is 1.83 bits per heavy atom. The summed E-state index contributed by atoms with van der Waals surface area (Å²) in [4.78, 5) is 25.1. The van der Waals surface area contributed by atoms with E-state index < -0.39 is 5.91 Å². The number of nitrogens with two attached hydrogens (primary N) is 1. The first kappa shape index (κ1) is 16.5. The van der Waals surface area contributed by atoms with E-state index in [2.05, 4.69) is 0 Å². The first-order valence-electron chi connectivity index (χ1n) is 7.32. The Kier molecular flexibility index (Phi) is 5.36. The number of carbonyl (C=O) groups is 2. The van der Waals surface area contributed by atoms with Crippen LogP contribution in [-0.4, -0.2) is 30.4 Å². The standard InChI is InChI=1S/C18H20N2O3/c1-13(14-7-4-3-5-8-14)20(2)18(22)15-9-6-10-16(11-15)23-12-17(19)21/h3-11,13H,12H2,1-2H3,(H2,19,21). The van der Waals surface area contributed by atoms with Gasteiger partial charge in [0.05, 0.1) is 6.04 Å². The molecule has 0 saturated heterocycles. The van der Waals surface area contributed by atoms with Crippen molar-refractivity contribution in [1.29, 1.82) is 0 Å². The van der Waals surface area contributed by atoms with E-state index in [0.717, 1.165) is 5.56 Å². The molecule has 2 rings (SSSR count). The van der Waals surface area contributed by atoms with Gasteiger partial charge in [-0.3, -0.25) is 9.59 Å². The number of amides is 2. The van der Waals surface area contributed by atoms with Crippen molar-refractivity contribution in [3.63, 3.8) is 0 Å². The van der Waals surface area contributed by atoms with Crippen molar-refractivity contribution in [1.82, 2.24) is 4.90 Å². The molecule has 23 heavy (non-hydrogen) atoms. The van der Waals surface area contributed by atoms with E-state index in [1.807, 2.05) is 37.3 Å². The van der Waals surface area contributed by atoms with Crippen molar-refractivity contribution in [2.75, 3.05) is 13.7 Å². The van der Waals surface area contributed by atoms with Crippen LogP contribution in [0.4, 0.5) is 0 Å². The Morgan fingerprint density at radius 1 is 1.13 bits per heavy atom. The molecule has 0 aliphatic rings. The fourth-order valence-electron chi connectivity index (χ4n) is 2.21. The lowest BCUT2D eigenvalue weighted by Crippen LogP contribution is -2.29. The van der Waals surface area contributed by atoms with Gasteiger partial charge in [0.25, 0.3) is 11.8 Å². The van der Waals surface area contributed by atoms with E-state index in [0.29, 0.717) is 11.3 Å². The molecule has 0 heterocycles. The Hall–Kier alpha value is -2.82. The Morgan fingerprint density at radius 3 is 2.48 bits per heavy atom. The van der Waals surface area contributed by atoms with Crippen LogP contribution in [-0.2, 0) is 4.79 Å². The van der Waals surface area contributed by atoms with Crippen LogP contribution in [0.25, 0.3) is 0 Å². The zero-order chi connectivity index (χ0) is 16.8. The maximum atomic E-state index is 12.6. The third-order valence-electron chi connectivity index (χ3n) is 3.65. The van der Waals surface area contributed by atoms with Crippen LogP contribution in [0.2, 0.25) is 0 Å². The van der Waals surface area contributed by atoms with Crippen LogP contribution >= 0.6 is 0 Å². The molecule has 120 valence electrons. The van der Waals surface area contributed by atoms with Gasteiger partial charge in [0, 0.05) is 12.6 Å². The normalized spacial score (nSPS) is 11.6. The summed E-state index contributed by atoms with van der Waals surface area (Å²) in [5, 5.41) is 0. The zero-order valence-electron chi connectivity index (χ0n) is 13.2. The molecule has 1 unspecified atom stereocenters. The Labute approximate surface area is 135 Å². The van der Waals surface area contributed by atoms with Gasteiger partial charge in [-0.15, -0.1) is 0 Å². The van der Waals surface area contributed by atoms with E-state index in [1.165, 1.54) is 0 Å². The van der Waals surface area contributed by atoms with Gasteiger partial charge < -0.3 is 15.4 Å². The number of hydrogen-bond acceptors (Lipinski definition) is 3. The second-order valence-corrected chi connectivity index (χ2v) is 5.29. The van der Waals surface area contributed by atoms with E-state index in [-0.39, 0.29) is 18.6 Å². The van der Waals surface area contributed by atoms with E-state index in [4.69, 9.17) is 10.5 Å². The molecular weight excluding hydrogens is 292 g/mol. The molecule has 2 N–H and O–H groups in total. The molecule has 2 aromatic carbocycles. The van der Waals surface area contributed by atoms with Gasteiger partial charge in [0.2, 0.25) is 0 Å². The quantitative estimate of drug-likeness (QED) is 0.890. The molecule has 0 saturated carbocycles. The summed E-state index contributed by atoms with van der Waals surface area (Å²) < 4.78 is 5.24. The van der Waals surface area contributed by atoms with Gasteiger partial charge in [-0.1, -0.05) is 36.4 Å². The Bertz CT molecular complexity index is 686. The van der Waals surface area contributed by atoms with Crippen LogP contribution in [0, 0.1) is 0 Å². The first-order chi connectivity index (χ1) is 11.0. The molecule has 2 amide bonds. The third kappa shape index (κ3) is 4.32. The lowest BCUT2D eigenvalue weighted by Gasteiger charge is -2.25. The molecule has 5 nitrogen and oxygen atoms in total. The minimum atomic E-state index is -0.559. The number of rotatable bonds is 6. The lowest BCUT2D eigenvalue weighted by molar-refractivity contribution is -0.119. The predicted molar refractivity (Wildman–Crippen MR) is 88.1 cm³/mol. The SMILES string of the molecule is CC(c1ccccc1)N(C)C(=O)c1cccc(OCC(N)=O)c1. The van der Waals surface area contributed by atoms with E-state index in [9.17, 15) is 9.59 Å². The summed E-state index contributed by atoms with van der Waals surface area (Å²) in [6, 6.07) is 16.5. The summed E-state index contributed by atoms with van der Waals surface area (Å²) in [5.41, 5.74) is 6.61. The molecular formula is C18H20N2O3. The molecule has 2 aromatic rings. The fraction of sp³-hybridized carbons (Fsp3) is 0.222. The maximum absolute atomic E-state index is 12.6. The van der Waals surface area contributed by atoms with Gasteiger partial charge in [-0.05, 0) is 30.7 Å². The van der Waals surface area contributed by atoms with Crippen LogP contribution in [0.15, 0.2) is 54.6 Å². The molecule has 0 aliphatic heterocycles. The van der Waals surface area contributed by atoms with Crippen LogP contribution < -0.4 is 10.5 Å². The van der Waals surface area contributed by atoms with Crippen LogP contribution in [0.1, 0.15) is 28.9 Å². The number of nitrogens with zero attached hydrogens (tertiary/aromatic N) is 1. The average molecular weight is 312 g/mol. The van der Waals surface area contributed by atoms with Gasteiger partial charge in [0.15, 0.2) is 6.61 Å². The van der Waals surface area contributed by atoms with E-state index >= 15 is 0 Å². The molecule has 1 atom stereocenters. The number of ether oxygens (including phenoxy) is 1. The summed E-state index contributed by atoms with van der Waals surface area (Å²) in [6.45, 7) is 1.76. The highest BCUT2D eigenvalue weighted by atomic mass is 16.5. The van der Waals surface area contributed by atoms with Crippen molar-refractivity contribution in [2.45, 2.75) is 13.0 Å². The number of benzene rings is 2. The molecule has 0 bridgehead atoms. The van der Waals surface area contributed by atoms with Gasteiger partial charge in [0.1, 0.15) is 5.75 Å². The number of primary amides is 1. The fourth-order valence-corrected chi connectivity index (χ4v) is 2.21. The minimum Gasteiger partial charge on any atom is -0.484 e. The molecule has 0 fully saturated rings. The van der Waals surface area contributed by atoms with Gasteiger partial charge in [-0.2, -0.15) is 0 Å². The summed E-state index contributed by atoms with van der Waals surface area (Å²) in [7, 11) is 1.76. The second kappa shape index (κ2) is 7.45. The van der Waals surface area contributed by atoms with Crippen molar-refractivity contribution in [3.05, 3.63) is 65.7 Å². The smallest absolute Gasteiger partial charge is 0.255 e. The molecule has 5 heteroatoms. The number of hydrogen-bond donors (Lipinski definition) is 1. The highest BCUT2D eigenvalue weighted by molar-refractivity contribution is 5.94. The minimum absolute atomic E-state index is 0.0566. The largest absolute Gasteiger partial charge is 0.484 e. The van der Waals surface area contributed by atoms with Crippen molar-refractivity contribution in [2.24, 2.45) is 5.73 Å². The molecule has 0 spiro atoms. The maximum Gasteiger partial charge on any atom is 0.255 e. The monoisotopic (exact) mass is 312 g/mol. The van der Waals surface area contributed by atoms with E-state index in [1.54, 1.807) is 36.2 Å². The second-order valence-electron chi connectivity index (χ2n) is 5.29. The third-order valence-corrected chi connectivity index (χ3v) is 3.65. The predicted octanol–water partition coefficient (Wildman–Crippen LogP) is 2.38. The van der Waals surface area contributed by atoms with Crippen LogP contribution in [0.5, 0.6) is 5.75 Å². The van der Waals surface area contributed by atoms with Crippen molar-refractivity contribution >= 4 is 11.8 Å².